The van der Waals surface area contributed by atoms with Crippen LogP contribution < -0.4 is 0 Å². The highest BCUT2D eigenvalue weighted by molar-refractivity contribution is 6.29. The van der Waals surface area contributed by atoms with Crippen molar-refractivity contribution in [3.05, 3.63) is 82.7 Å². The number of carbonyl (C=O) groups is 1. The second-order valence-electron chi connectivity index (χ2n) is 6.78. The number of halogens is 3. The fourth-order valence-electron chi connectivity index (χ4n) is 3.14. The number of pyridine rings is 2. The Morgan fingerprint density at radius 2 is 1.66 bits per heavy atom. The van der Waals surface area contributed by atoms with E-state index in [1.807, 2.05) is 6.92 Å². The Balaban J connectivity index is 0.000000186. The van der Waals surface area contributed by atoms with Crippen LogP contribution in [0.5, 0.6) is 0 Å². The molecule has 32 heavy (non-hydrogen) atoms. The van der Waals surface area contributed by atoms with Gasteiger partial charge in [-0.15, -0.1) is 0 Å². The third-order valence-electron chi connectivity index (χ3n) is 4.67. The van der Waals surface area contributed by atoms with Gasteiger partial charge in [-0.2, -0.15) is 8.78 Å². The first-order chi connectivity index (χ1) is 15.3. The molecule has 0 amide bonds. The molecule has 4 rings (SSSR count). The van der Waals surface area contributed by atoms with Gasteiger partial charge in [0.25, 0.3) is 0 Å². The van der Waals surface area contributed by atoms with E-state index in [4.69, 9.17) is 16.3 Å². The molecule has 0 aliphatic heterocycles. The van der Waals surface area contributed by atoms with Crippen molar-refractivity contribution < 1.29 is 18.3 Å². The van der Waals surface area contributed by atoms with Gasteiger partial charge < -0.3 is 14.7 Å². The molecule has 0 bridgehead atoms. The zero-order valence-corrected chi connectivity index (χ0v) is 18.4. The van der Waals surface area contributed by atoms with E-state index in [0.29, 0.717) is 45.4 Å². The number of aryl methyl sites for hydroxylation is 1. The Kier molecular flexibility index (Phi) is 7.37. The molecule has 166 valence electrons. The van der Waals surface area contributed by atoms with Gasteiger partial charge in [-0.25, -0.2) is 14.8 Å². The topological polar surface area (TPSA) is 83.7 Å². The third-order valence-corrected chi connectivity index (χ3v) is 4.88. The molecule has 0 saturated carbocycles. The predicted molar refractivity (Wildman–Crippen MR) is 118 cm³/mol. The van der Waals surface area contributed by atoms with E-state index in [-0.39, 0.29) is 0 Å². The fourth-order valence-corrected chi connectivity index (χ4v) is 3.40. The Bertz CT molecular complexity index is 1240. The summed E-state index contributed by atoms with van der Waals surface area (Å²) in [6.45, 7) is 5.65. The van der Waals surface area contributed by atoms with E-state index in [0.717, 1.165) is 5.56 Å². The summed E-state index contributed by atoms with van der Waals surface area (Å²) < 4.78 is 31.8. The molecule has 0 radical (unpaired) electrons. The molecule has 0 aliphatic carbocycles. The zero-order valence-electron chi connectivity index (χ0n) is 17.7. The van der Waals surface area contributed by atoms with Crippen LogP contribution >= 0.6 is 11.6 Å². The SMILES string of the molecule is CCOC(=O)c1c[nH]c(-c2cccnc2F)c1C.Cc1cc(Cl)[nH]c1-c1cccnc1F. The average molecular weight is 459 g/mol. The molecule has 4 aromatic rings. The normalized spacial score (nSPS) is 10.4. The number of hydrogen-bond acceptors (Lipinski definition) is 4. The molecule has 0 aliphatic rings. The molecule has 9 heteroatoms. The Labute approximate surface area is 188 Å². The number of nitrogens with one attached hydrogen (secondary N) is 2. The van der Waals surface area contributed by atoms with Crippen LogP contribution in [0.1, 0.15) is 28.4 Å². The summed E-state index contributed by atoms with van der Waals surface area (Å²) in [6.07, 6.45) is 4.32. The minimum Gasteiger partial charge on any atom is -0.462 e. The number of nitrogens with zero attached hydrogens (tertiary/aromatic N) is 2. The second-order valence-corrected chi connectivity index (χ2v) is 7.19. The number of H-pyrrole nitrogens is 2. The Hall–Kier alpha value is -3.52. The van der Waals surface area contributed by atoms with Crippen molar-refractivity contribution in [3.63, 3.8) is 0 Å². The van der Waals surface area contributed by atoms with Gasteiger partial charge in [0.1, 0.15) is 5.15 Å². The molecule has 4 heterocycles. The maximum atomic E-state index is 13.6. The lowest BCUT2D eigenvalue weighted by Gasteiger charge is -2.03. The van der Waals surface area contributed by atoms with E-state index in [9.17, 15) is 13.6 Å². The molecular weight excluding hydrogens is 438 g/mol. The first-order valence-corrected chi connectivity index (χ1v) is 10.1. The molecule has 6 nitrogen and oxygen atoms in total. The van der Waals surface area contributed by atoms with Crippen molar-refractivity contribution in [2.75, 3.05) is 6.61 Å². The smallest absolute Gasteiger partial charge is 0.339 e. The lowest BCUT2D eigenvalue weighted by atomic mass is 10.1. The molecule has 0 saturated heterocycles. The zero-order chi connectivity index (χ0) is 23.3. The highest BCUT2D eigenvalue weighted by Gasteiger charge is 2.18. The summed E-state index contributed by atoms with van der Waals surface area (Å²) in [4.78, 5) is 24.6. The van der Waals surface area contributed by atoms with Gasteiger partial charge in [0.15, 0.2) is 0 Å². The predicted octanol–water partition coefficient (Wildman–Crippen LogP) is 5.88. The summed E-state index contributed by atoms with van der Waals surface area (Å²) in [5.41, 5.74) is 3.98. The Morgan fingerprint density at radius 3 is 2.16 bits per heavy atom. The first kappa shape index (κ1) is 23.1. The van der Waals surface area contributed by atoms with Crippen LogP contribution in [-0.4, -0.2) is 32.5 Å². The van der Waals surface area contributed by atoms with Gasteiger partial charge >= 0.3 is 5.97 Å². The summed E-state index contributed by atoms with van der Waals surface area (Å²) >= 11 is 5.77. The van der Waals surface area contributed by atoms with Crippen molar-refractivity contribution in [2.45, 2.75) is 20.8 Å². The van der Waals surface area contributed by atoms with Crippen molar-refractivity contribution in [2.24, 2.45) is 0 Å². The van der Waals surface area contributed by atoms with Crippen molar-refractivity contribution >= 4 is 17.6 Å². The number of esters is 1. The maximum absolute atomic E-state index is 13.6. The van der Waals surface area contributed by atoms with Crippen molar-refractivity contribution in [3.8, 4) is 22.5 Å². The number of rotatable bonds is 4. The number of aromatic nitrogens is 4. The van der Waals surface area contributed by atoms with Gasteiger partial charge in [0.05, 0.1) is 34.7 Å². The lowest BCUT2D eigenvalue weighted by Crippen LogP contribution is -2.04. The summed E-state index contributed by atoms with van der Waals surface area (Å²) in [5.74, 6) is -1.48. The number of carbonyl (C=O) groups excluding carboxylic acids is 1. The number of hydrogen-bond donors (Lipinski definition) is 2. The van der Waals surface area contributed by atoms with E-state index in [1.54, 1.807) is 44.2 Å². The van der Waals surface area contributed by atoms with Crippen molar-refractivity contribution in [1.29, 1.82) is 0 Å². The first-order valence-electron chi connectivity index (χ1n) is 9.75. The van der Waals surface area contributed by atoms with Crippen LogP contribution in [0, 0.1) is 25.7 Å². The van der Waals surface area contributed by atoms with Gasteiger partial charge in [-0.1, -0.05) is 11.6 Å². The Morgan fingerprint density at radius 1 is 1.06 bits per heavy atom. The fraction of sp³-hybridized carbons (Fsp3) is 0.174. The molecule has 0 spiro atoms. The largest absolute Gasteiger partial charge is 0.462 e. The van der Waals surface area contributed by atoms with Crippen LogP contribution in [0.25, 0.3) is 22.5 Å². The molecule has 0 atom stereocenters. The molecule has 0 fully saturated rings. The number of aromatic amines is 2. The minimum absolute atomic E-state index is 0.306. The summed E-state index contributed by atoms with van der Waals surface area (Å²) in [6, 6.07) is 8.35. The highest BCUT2D eigenvalue weighted by atomic mass is 35.5. The molecular formula is C23H21ClF2N4O2. The van der Waals surface area contributed by atoms with Gasteiger partial charge in [-0.05, 0) is 62.2 Å². The lowest BCUT2D eigenvalue weighted by molar-refractivity contribution is 0.0526. The number of ether oxygens (including phenoxy) is 1. The van der Waals surface area contributed by atoms with E-state index in [2.05, 4.69) is 19.9 Å². The van der Waals surface area contributed by atoms with E-state index in [1.165, 1.54) is 18.6 Å². The minimum atomic E-state index is -0.571. The maximum Gasteiger partial charge on any atom is 0.339 e. The summed E-state index contributed by atoms with van der Waals surface area (Å²) in [7, 11) is 0. The van der Waals surface area contributed by atoms with Crippen LogP contribution in [-0.2, 0) is 4.74 Å². The van der Waals surface area contributed by atoms with Gasteiger partial charge in [-0.3, -0.25) is 0 Å². The average Bonchev–Trinajstić information content (AvgIpc) is 3.31. The van der Waals surface area contributed by atoms with E-state index >= 15 is 0 Å². The van der Waals surface area contributed by atoms with Gasteiger partial charge in [0, 0.05) is 18.6 Å². The second kappa shape index (κ2) is 10.2. The molecule has 4 aromatic heterocycles. The molecule has 0 aromatic carbocycles. The van der Waals surface area contributed by atoms with Crippen molar-refractivity contribution in [1.82, 2.24) is 19.9 Å². The van der Waals surface area contributed by atoms with Crippen LogP contribution in [0.2, 0.25) is 5.15 Å². The standard InChI is InChI=1S/C13H13FN2O2.C10H8ClFN2/c1-3-18-13(17)10-7-16-11(8(10)2)9-5-4-6-15-12(9)14;1-6-5-8(11)14-9(6)7-3-2-4-13-10(7)12/h4-7,16H,3H2,1-2H3;2-5,14H,1H3. The molecule has 0 unspecified atom stereocenters. The summed E-state index contributed by atoms with van der Waals surface area (Å²) in [5, 5.41) is 0.501. The van der Waals surface area contributed by atoms with E-state index < -0.39 is 17.9 Å². The van der Waals surface area contributed by atoms with Crippen LogP contribution in [0.4, 0.5) is 8.78 Å². The quantitative estimate of drug-likeness (QED) is 0.295. The highest BCUT2D eigenvalue weighted by Crippen LogP contribution is 2.27. The van der Waals surface area contributed by atoms with Crippen LogP contribution in [0.15, 0.2) is 48.9 Å². The van der Waals surface area contributed by atoms with Gasteiger partial charge in [0.2, 0.25) is 11.9 Å². The third kappa shape index (κ3) is 5.03. The monoisotopic (exact) mass is 458 g/mol. The van der Waals surface area contributed by atoms with Crippen LogP contribution in [0.3, 0.4) is 0 Å². The molecule has 2 N–H and O–H groups in total.